The maximum absolute atomic E-state index is 12.7. The number of hydrogen-bond acceptors (Lipinski definition) is 6. The number of aliphatic imine (C=N–C) groups is 1. The molecule has 0 aliphatic carbocycles. The van der Waals surface area contributed by atoms with E-state index in [1.165, 1.54) is 49.7 Å². The molecule has 0 aromatic heterocycles. The number of ether oxygens (including phenoxy) is 1. The number of benzene rings is 1. The van der Waals surface area contributed by atoms with Gasteiger partial charge in [-0.25, -0.2) is 4.57 Å². The summed E-state index contributed by atoms with van der Waals surface area (Å²) in [6.07, 6.45) is 10.8. The molecule has 1 rings (SSSR count). The quantitative estimate of drug-likeness (QED) is 0.0887. The molecule has 0 saturated heterocycles. The number of hydrogen-bond donors (Lipinski definition) is 0. The molecule has 190 valence electrons. The van der Waals surface area contributed by atoms with Crippen molar-refractivity contribution in [3.63, 3.8) is 0 Å². The minimum atomic E-state index is -3.54. The highest BCUT2D eigenvalue weighted by Crippen LogP contribution is 2.49. The number of rotatable bonds is 19. The average molecular weight is 484 g/mol. The summed E-state index contributed by atoms with van der Waals surface area (Å²) in [7, 11) is -1.84. The molecule has 0 unspecified atom stereocenters. The van der Waals surface area contributed by atoms with Gasteiger partial charge in [-0.1, -0.05) is 63.3 Å². The van der Waals surface area contributed by atoms with Crippen LogP contribution >= 0.6 is 7.82 Å². The second-order valence-electron chi connectivity index (χ2n) is 8.37. The van der Waals surface area contributed by atoms with Gasteiger partial charge in [0.2, 0.25) is 0 Å². The molecule has 1 aromatic rings. The maximum Gasteiger partial charge on any atom is 0.474 e. The molecule has 0 heterocycles. The maximum atomic E-state index is 12.7. The van der Waals surface area contributed by atoms with Crippen molar-refractivity contribution >= 4 is 13.7 Å². The van der Waals surface area contributed by atoms with Gasteiger partial charge in [-0.05, 0) is 50.7 Å². The van der Waals surface area contributed by atoms with E-state index in [-0.39, 0.29) is 25.7 Å². The smallest absolute Gasteiger partial charge is 0.474 e. The van der Waals surface area contributed by atoms with Crippen molar-refractivity contribution in [1.82, 2.24) is 0 Å². The molecule has 0 spiro atoms. The van der Waals surface area contributed by atoms with E-state index >= 15 is 0 Å². The van der Waals surface area contributed by atoms with Gasteiger partial charge in [0.25, 0.3) is 0 Å². The summed E-state index contributed by atoms with van der Waals surface area (Å²) in [5.41, 5.74) is 2.69. The van der Waals surface area contributed by atoms with Gasteiger partial charge < -0.3 is 4.74 Å². The fourth-order valence-electron chi connectivity index (χ4n) is 3.50. The minimum Gasteiger partial charge on any atom is -0.481 e. The molecule has 0 radical (unpaired) electrons. The van der Waals surface area contributed by atoms with Crippen molar-refractivity contribution in [2.45, 2.75) is 85.5 Å². The van der Waals surface area contributed by atoms with Crippen molar-refractivity contribution in [2.75, 3.05) is 33.5 Å². The van der Waals surface area contributed by atoms with E-state index in [0.29, 0.717) is 12.5 Å². The minimum absolute atomic E-state index is 0.0405. The highest BCUT2D eigenvalue weighted by molar-refractivity contribution is 7.48. The SMILES string of the molecule is CCCCCCCCc1ccc(CC[C@@H](CO/C(C)=N\C)COP(=O)(OCC)OCC)cc1. The van der Waals surface area contributed by atoms with Gasteiger partial charge in [0.15, 0.2) is 5.90 Å². The fraction of sp³-hybridized carbons (Fsp3) is 0.731. The number of nitrogens with zero attached hydrogens (tertiary/aromatic N) is 1. The molecular formula is C26H46NO5P. The molecule has 0 aliphatic heterocycles. The van der Waals surface area contributed by atoms with Crippen LogP contribution in [0.25, 0.3) is 0 Å². The Morgan fingerprint density at radius 3 is 2.00 bits per heavy atom. The van der Waals surface area contributed by atoms with E-state index in [1.54, 1.807) is 20.9 Å². The Kier molecular flexibility index (Phi) is 16.4. The summed E-state index contributed by atoms with van der Waals surface area (Å²) in [6, 6.07) is 8.93. The van der Waals surface area contributed by atoms with Gasteiger partial charge in [-0.2, -0.15) is 0 Å². The summed E-state index contributed by atoms with van der Waals surface area (Å²) in [5.74, 6) is 0.663. The first-order valence-electron chi connectivity index (χ1n) is 12.6. The van der Waals surface area contributed by atoms with Crippen LogP contribution in [0, 0.1) is 5.92 Å². The van der Waals surface area contributed by atoms with Gasteiger partial charge in [0.1, 0.15) is 0 Å². The standard InChI is InChI=1S/C26H46NO5P/c1-6-9-10-11-12-13-14-24-15-17-25(18-16-24)19-20-26(21-29-23(4)27-5)22-32-33(28,30-7-2)31-8-3/h15-18,26H,6-14,19-22H2,1-5H3/b27-23-/t26-/m0/s1. The topological polar surface area (TPSA) is 66.4 Å². The summed E-state index contributed by atoms with van der Waals surface area (Å²) >= 11 is 0. The fourth-order valence-corrected chi connectivity index (χ4v) is 4.74. The van der Waals surface area contributed by atoms with Gasteiger partial charge in [-0.15, -0.1) is 0 Å². The zero-order valence-electron chi connectivity index (χ0n) is 21.5. The van der Waals surface area contributed by atoms with Crippen LogP contribution in [0.5, 0.6) is 0 Å². The molecule has 1 aromatic carbocycles. The molecule has 0 N–H and O–H groups in total. The number of aryl methyl sites for hydroxylation is 2. The Morgan fingerprint density at radius 1 is 0.848 bits per heavy atom. The zero-order valence-corrected chi connectivity index (χ0v) is 22.4. The molecule has 33 heavy (non-hydrogen) atoms. The Balaban J connectivity index is 2.56. The predicted octanol–water partition coefficient (Wildman–Crippen LogP) is 7.40. The van der Waals surface area contributed by atoms with Crippen LogP contribution in [0.2, 0.25) is 0 Å². The highest BCUT2D eigenvalue weighted by atomic mass is 31.2. The third kappa shape index (κ3) is 13.9. The first kappa shape index (κ1) is 29.8. The van der Waals surface area contributed by atoms with E-state index < -0.39 is 7.82 Å². The van der Waals surface area contributed by atoms with Crippen molar-refractivity contribution in [3.8, 4) is 0 Å². The van der Waals surface area contributed by atoms with Crippen LogP contribution in [0.1, 0.15) is 83.8 Å². The van der Waals surface area contributed by atoms with Crippen molar-refractivity contribution < 1.29 is 22.9 Å². The Hall–Kier alpha value is -1.20. The first-order valence-corrected chi connectivity index (χ1v) is 14.1. The van der Waals surface area contributed by atoms with Gasteiger partial charge in [-0.3, -0.25) is 18.6 Å². The zero-order chi connectivity index (χ0) is 24.4. The van der Waals surface area contributed by atoms with E-state index in [2.05, 4.69) is 36.2 Å². The van der Waals surface area contributed by atoms with Crippen LogP contribution in [-0.4, -0.2) is 39.4 Å². The molecule has 0 amide bonds. The van der Waals surface area contributed by atoms with Crippen LogP contribution in [0.15, 0.2) is 29.3 Å². The summed E-state index contributed by atoms with van der Waals surface area (Å²) in [6.45, 7) is 8.84. The van der Waals surface area contributed by atoms with E-state index in [0.717, 1.165) is 19.3 Å². The lowest BCUT2D eigenvalue weighted by molar-refractivity contribution is 0.0907. The second-order valence-corrected chi connectivity index (χ2v) is 10.0. The summed E-state index contributed by atoms with van der Waals surface area (Å²) in [5, 5.41) is 0. The monoisotopic (exact) mass is 483 g/mol. The predicted molar refractivity (Wildman–Crippen MR) is 137 cm³/mol. The first-order chi connectivity index (χ1) is 16.0. The Morgan fingerprint density at radius 2 is 1.42 bits per heavy atom. The third-order valence-corrected chi connectivity index (χ3v) is 7.18. The van der Waals surface area contributed by atoms with Crippen LogP contribution in [-0.2, 0) is 35.7 Å². The molecule has 7 heteroatoms. The normalized spacial score (nSPS) is 13.3. The lowest BCUT2D eigenvalue weighted by atomic mass is 9.98. The van der Waals surface area contributed by atoms with E-state index in [1.807, 2.05) is 6.92 Å². The van der Waals surface area contributed by atoms with Crippen LogP contribution < -0.4 is 0 Å². The second kappa shape index (κ2) is 18.2. The Labute approximate surface area is 202 Å². The number of phosphoric acid groups is 1. The highest BCUT2D eigenvalue weighted by Gasteiger charge is 2.27. The number of phosphoric ester groups is 1. The molecule has 0 fully saturated rings. The molecule has 0 aliphatic rings. The van der Waals surface area contributed by atoms with Crippen molar-refractivity contribution in [1.29, 1.82) is 0 Å². The number of unbranched alkanes of at least 4 members (excludes halogenated alkanes) is 5. The van der Waals surface area contributed by atoms with Crippen molar-refractivity contribution in [3.05, 3.63) is 35.4 Å². The average Bonchev–Trinajstić information content (AvgIpc) is 2.81. The Bertz CT molecular complexity index is 682. The molecule has 1 atom stereocenters. The molecular weight excluding hydrogens is 437 g/mol. The van der Waals surface area contributed by atoms with Crippen molar-refractivity contribution in [2.24, 2.45) is 10.9 Å². The molecule has 0 saturated carbocycles. The summed E-state index contributed by atoms with van der Waals surface area (Å²) < 4.78 is 34.5. The lowest BCUT2D eigenvalue weighted by Crippen LogP contribution is -2.19. The molecule has 0 bridgehead atoms. The molecule has 6 nitrogen and oxygen atoms in total. The van der Waals surface area contributed by atoms with Crippen LogP contribution in [0.3, 0.4) is 0 Å². The van der Waals surface area contributed by atoms with Gasteiger partial charge >= 0.3 is 7.82 Å². The van der Waals surface area contributed by atoms with E-state index in [9.17, 15) is 4.57 Å². The van der Waals surface area contributed by atoms with Gasteiger partial charge in [0, 0.05) is 19.9 Å². The van der Waals surface area contributed by atoms with Crippen LogP contribution in [0.4, 0.5) is 0 Å². The van der Waals surface area contributed by atoms with E-state index in [4.69, 9.17) is 18.3 Å². The third-order valence-electron chi connectivity index (χ3n) is 5.57. The van der Waals surface area contributed by atoms with Gasteiger partial charge in [0.05, 0.1) is 26.4 Å². The largest absolute Gasteiger partial charge is 0.481 e. The summed E-state index contributed by atoms with van der Waals surface area (Å²) in [4.78, 5) is 4.05. The lowest BCUT2D eigenvalue weighted by Gasteiger charge is -2.21.